The number of rotatable bonds is 7. The molecule has 0 unspecified atom stereocenters. The standard InChI is InChI=1S/C17H20N2O3S/c1-3-9-22-14-7-6-12(10-15(14)21-2)11-19-16(20)13-5-4-8-18-17(13)23/h4-8,10H,3,9,11H2,1-2H3,(H,18,23)(H,19,20). The Labute approximate surface area is 140 Å². The van der Waals surface area contributed by atoms with Gasteiger partial charge in [0.2, 0.25) is 0 Å². The van der Waals surface area contributed by atoms with Crippen LogP contribution >= 0.6 is 12.2 Å². The van der Waals surface area contributed by atoms with Crippen LogP contribution in [0.5, 0.6) is 11.5 Å². The number of H-pyrrole nitrogens is 1. The summed E-state index contributed by atoms with van der Waals surface area (Å²) in [5.74, 6) is 1.15. The molecule has 0 saturated carbocycles. The van der Waals surface area contributed by atoms with E-state index in [9.17, 15) is 4.79 Å². The van der Waals surface area contributed by atoms with Crippen LogP contribution in [0.25, 0.3) is 0 Å². The van der Waals surface area contributed by atoms with Crippen molar-refractivity contribution in [3.8, 4) is 11.5 Å². The van der Waals surface area contributed by atoms with Crippen LogP contribution < -0.4 is 14.8 Å². The Balaban J connectivity index is 2.04. The zero-order valence-corrected chi connectivity index (χ0v) is 14.0. The Hall–Kier alpha value is -2.34. The lowest BCUT2D eigenvalue weighted by Gasteiger charge is -2.12. The van der Waals surface area contributed by atoms with Gasteiger partial charge in [-0.05, 0) is 36.2 Å². The van der Waals surface area contributed by atoms with E-state index in [2.05, 4.69) is 10.3 Å². The van der Waals surface area contributed by atoms with E-state index < -0.39 is 0 Å². The Morgan fingerprint density at radius 3 is 2.83 bits per heavy atom. The van der Waals surface area contributed by atoms with Crippen molar-refractivity contribution >= 4 is 18.1 Å². The zero-order chi connectivity index (χ0) is 16.7. The second kappa shape index (κ2) is 8.33. The fourth-order valence-corrected chi connectivity index (χ4v) is 2.26. The first kappa shape index (κ1) is 17.0. The third-order valence-electron chi connectivity index (χ3n) is 3.21. The fourth-order valence-electron chi connectivity index (χ4n) is 2.03. The van der Waals surface area contributed by atoms with Crippen molar-refractivity contribution in [3.05, 3.63) is 52.3 Å². The molecule has 0 aliphatic rings. The first-order valence-corrected chi connectivity index (χ1v) is 7.82. The second-order valence-corrected chi connectivity index (χ2v) is 5.34. The number of ether oxygens (including phenoxy) is 2. The largest absolute Gasteiger partial charge is 0.493 e. The van der Waals surface area contributed by atoms with Crippen molar-refractivity contribution in [1.82, 2.24) is 10.3 Å². The molecule has 5 nitrogen and oxygen atoms in total. The van der Waals surface area contributed by atoms with Gasteiger partial charge in [0, 0.05) is 12.7 Å². The van der Waals surface area contributed by atoms with E-state index in [-0.39, 0.29) is 5.91 Å². The number of hydrogen-bond donors (Lipinski definition) is 2. The molecule has 2 rings (SSSR count). The van der Waals surface area contributed by atoms with Gasteiger partial charge >= 0.3 is 0 Å². The van der Waals surface area contributed by atoms with Crippen LogP contribution in [0.2, 0.25) is 0 Å². The summed E-state index contributed by atoms with van der Waals surface area (Å²) in [6.45, 7) is 3.07. The summed E-state index contributed by atoms with van der Waals surface area (Å²) >= 11 is 5.10. The van der Waals surface area contributed by atoms with Crippen molar-refractivity contribution in [1.29, 1.82) is 0 Å². The van der Waals surface area contributed by atoms with E-state index in [4.69, 9.17) is 21.7 Å². The van der Waals surface area contributed by atoms with Crippen LogP contribution in [-0.2, 0) is 6.54 Å². The summed E-state index contributed by atoms with van der Waals surface area (Å²) in [5.41, 5.74) is 1.38. The molecule has 1 heterocycles. The number of aromatic amines is 1. The van der Waals surface area contributed by atoms with Gasteiger partial charge in [-0.2, -0.15) is 0 Å². The minimum absolute atomic E-state index is 0.211. The van der Waals surface area contributed by atoms with Gasteiger partial charge in [-0.1, -0.05) is 25.2 Å². The van der Waals surface area contributed by atoms with Crippen molar-refractivity contribution in [2.75, 3.05) is 13.7 Å². The highest BCUT2D eigenvalue weighted by Gasteiger charge is 2.09. The van der Waals surface area contributed by atoms with Crippen LogP contribution in [-0.4, -0.2) is 24.6 Å². The molecule has 0 atom stereocenters. The lowest BCUT2D eigenvalue weighted by molar-refractivity contribution is 0.0950. The highest BCUT2D eigenvalue weighted by Crippen LogP contribution is 2.28. The number of methoxy groups -OCH3 is 1. The van der Waals surface area contributed by atoms with Crippen molar-refractivity contribution < 1.29 is 14.3 Å². The molecule has 0 aliphatic carbocycles. The van der Waals surface area contributed by atoms with Crippen molar-refractivity contribution in [2.24, 2.45) is 0 Å². The minimum atomic E-state index is -0.211. The summed E-state index contributed by atoms with van der Waals surface area (Å²) in [6, 6.07) is 9.05. The quantitative estimate of drug-likeness (QED) is 0.762. The molecular weight excluding hydrogens is 312 g/mol. The topological polar surface area (TPSA) is 63.3 Å². The second-order valence-electron chi connectivity index (χ2n) is 4.93. The molecule has 2 aromatic rings. The fraction of sp³-hybridized carbons (Fsp3) is 0.294. The molecule has 1 aromatic carbocycles. The molecule has 2 N–H and O–H groups in total. The van der Waals surface area contributed by atoms with Gasteiger partial charge in [-0.15, -0.1) is 0 Å². The number of nitrogens with one attached hydrogen (secondary N) is 2. The van der Waals surface area contributed by atoms with E-state index in [0.717, 1.165) is 12.0 Å². The maximum Gasteiger partial charge on any atom is 0.254 e. The number of amides is 1. The maximum atomic E-state index is 12.1. The molecule has 0 aliphatic heterocycles. The average Bonchev–Trinajstić information content (AvgIpc) is 2.58. The summed E-state index contributed by atoms with van der Waals surface area (Å²) in [7, 11) is 1.60. The molecule has 0 saturated heterocycles. The predicted octanol–water partition coefficient (Wildman–Crippen LogP) is 3.47. The third-order valence-corrected chi connectivity index (χ3v) is 3.54. The number of carbonyl (C=O) groups excluding carboxylic acids is 1. The smallest absolute Gasteiger partial charge is 0.254 e. The van der Waals surface area contributed by atoms with Gasteiger partial charge in [0.15, 0.2) is 11.5 Å². The lowest BCUT2D eigenvalue weighted by Crippen LogP contribution is -2.23. The van der Waals surface area contributed by atoms with Crippen molar-refractivity contribution in [3.63, 3.8) is 0 Å². The van der Waals surface area contributed by atoms with Gasteiger partial charge in [0.25, 0.3) is 5.91 Å². The Bertz CT molecular complexity index is 728. The number of carbonyl (C=O) groups is 1. The summed E-state index contributed by atoms with van der Waals surface area (Å²) in [6.07, 6.45) is 2.62. The Morgan fingerprint density at radius 2 is 2.13 bits per heavy atom. The van der Waals surface area contributed by atoms with Crippen LogP contribution in [0.3, 0.4) is 0 Å². The van der Waals surface area contributed by atoms with Crippen LogP contribution in [0.4, 0.5) is 0 Å². The van der Waals surface area contributed by atoms with E-state index in [1.54, 1.807) is 25.4 Å². The minimum Gasteiger partial charge on any atom is -0.493 e. The number of aromatic nitrogens is 1. The third kappa shape index (κ3) is 4.56. The molecule has 1 aromatic heterocycles. The first-order chi connectivity index (χ1) is 11.2. The Morgan fingerprint density at radius 1 is 1.30 bits per heavy atom. The highest BCUT2D eigenvalue weighted by atomic mass is 32.1. The molecule has 0 radical (unpaired) electrons. The predicted molar refractivity (Wildman–Crippen MR) is 91.6 cm³/mol. The van der Waals surface area contributed by atoms with Crippen LogP contribution in [0, 0.1) is 4.64 Å². The summed E-state index contributed by atoms with van der Waals surface area (Å²) in [4.78, 5) is 15.0. The van der Waals surface area contributed by atoms with Crippen molar-refractivity contribution in [2.45, 2.75) is 19.9 Å². The van der Waals surface area contributed by atoms with Gasteiger partial charge in [0.1, 0.15) is 4.64 Å². The molecule has 23 heavy (non-hydrogen) atoms. The molecular formula is C17H20N2O3S. The number of hydrogen-bond acceptors (Lipinski definition) is 4. The van der Waals surface area contributed by atoms with Gasteiger partial charge in [-0.25, -0.2) is 0 Å². The van der Waals surface area contributed by atoms with Gasteiger partial charge in [-0.3, -0.25) is 4.79 Å². The molecule has 0 spiro atoms. The SMILES string of the molecule is CCCOc1ccc(CNC(=O)c2ccc[nH]c2=S)cc1OC. The van der Waals surface area contributed by atoms with Crippen LogP contribution in [0.15, 0.2) is 36.5 Å². The van der Waals surface area contributed by atoms with E-state index in [0.29, 0.717) is 34.9 Å². The number of benzene rings is 1. The first-order valence-electron chi connectivity index (χ1n) is 7.41. The summed E-state index contributed by atoms with van der Waals surface area (Å²) in [5, 5.41) is 2.85. The van der Waals surface area contributed by atoms with Crippen LogP contribution in [0.1, 0.15) is 29.3 Å². The summed E-state index contributed by atoms with van der Waals surface area (Å²) < 4.78 is 11.4. The van der Waals surface area contributed by atoms with Gasteiger partial charge < -0.3 is 19.8 Å². The zero-order valence-electron chi connectivity index (χ0n) is 13.2. The van der Waals surface area contributed by atoms with E-state index in [1.807, 2.05) is 25.1 Å². The maximum absolute atomic E-state index is 12.1. The number of pyridine rings is 1. The Kier molecular flexibility index (Phi) is 6.17. The molecule has 1 amide bonds. The van der Waals surface area contributed by atoms with E-state index >= 15 is 0 Å². The molecule has 6 heteroatoms. The normalized spacial score (nSPS) is 10.2. The average molecular weight is 332 g/mol. The van der Waals surface area contributed by atoms with Gasteiger partial charge in [0.05, 0.1) is 19.3 Å². The molecule has 0 bridgehead atoms. The lowest BCUT2D eigenvalue weighted by atomic mass is 10.2. The van der Waals surface area contributed by atoms with E-state index in [1.165, 1.54) is 0 Å². The molecule has 0 fully saturated rings. The highest BCUT2D eigenvalue weighted by molar-refractivity contribution is 7.71. The molecule has 122 valence electrons. The monoisotopic (exact) mass is 332 g/mol.